The molecule has 0 saturated heterocycles. The van der Waals surface area contributed by atoms with Crippen LogP contribution in [0.2, 0.25) is 0 Å². The van der Waals surface area contributed by atoms with Crippen LogP contribution < -0.4 is 0 Å². The van der Waals surface area contributed by atoms with Gasteiger partial charge < -0.3 is 0 Å². The van der Waals surface area contributed by atoms with E-state index < -0.39 is 0 Å². The Labute approximate surface area is 95.4 Å². The molecular formula is C12H16N4. The van der Waals surface area contributed by atoms with Crippen LogP contribution in [-0.4, -0.2) is 19.7 Å². The summed E-state index contributed by atoms with van der Waals surface area (Å²) < 4.78 is 1.89. The maximum atomic E-state index is 4.46. The quantitative estimate of drug-likeness (QED) is 0.772. The number of rotatable bonds is 2. The lowest BCUT2D eigenvalue weighted by molar-refractivity contribution is 0.778. The average Bonchev–Trinajstić information content (AvgIpc) is 2.57. The van der Waals surface area contributed by atoms with Crippen molar-refractivity contribution in [1.29, 1.82) is 0 Å². The minimum atomic E-state index is 0.903. The van der Waals surface area contributed by atoms with Crippen molar-refractivity contribution < 1.29 is 0 Å². The molecule has 0 unspecified atom stereocenters. The fraction of sp³-hybridized carbons (Fsp3) is 0.417. The topological polar surface area (TPSA) is 43.6 Å². The van der Waals surface area contributed by atoms with Crippen LogP contribution in [0.4, 0.5) is 0 Å². The van der Waals surface area contributed by atoms with E-state index in [1.165, 1.54) is 0 Å². The van der Waals surface area contributed by atoms with Gasteiger partial charge in [-0.2, -0.15) is 5.10 Å². The third kappa shape index (κ3) is 1.71. The predicted octanol–water partition coefficient (Wildman–Crippen LogP) is 2.15. The molecule has 0 amide bonds. The van der Waals surface area contributed by atoms with Crippen molar-refractivity contribution in [1.82, 2.24) is 19.7 Å². The summed E-state index contributed by atoms with van der Waals surface area (Å²) in [6.45, 7) is 8.15. The number of aryl methyl sites for hydroxylation is 3. The van der Waals surface area contributed by atoms with Crippen molar-refractivity contribution in [2.75, 3.05) is 0 Å². The van der Waals surface area contributed by atoms with Gasteiger partial charge in [-0.25, -0.2) is 14.6 Å². The molecule has 0 N–H and O–H groups in total. The molecule has 0 bridgehead atoms. The van der Waals surface area contributed by atoms with Crippen LogP contribution >= 0.6 is 0 Å². The molecule has 0 aliphatic heterocycles. The highest BCUT2D eigenvalue weighted by molar-refractivity contribution is 5.37. The third-order valence-corrected chi connectivity index (χ3v) is 2.70. The molecule has 0 aliphatic rings. The highest BCUT2D eigenvalue weighted by Crippen LogP contribution is 2.16. The molecule has 2 aromatic rings. The summed E-state index contributed by atoms with van der Waals surface area (Å²) in [5.41, 5.74) is 4.30. The van der Waals surface area contributed by atoms with Crippen molar-refractivity contribution in [3.8, 4) is 5.82 Å². The Morgan fingerprint density at radius 2 is 1.94 bits per heavy atom. The summed E-state index contributed by atoms with van der Waals surface area (Å²) in [7, 11) is 0. The minimum Gasteiger partial charge on any atom is -0.241 e. The summed E-state index contributed by atoms with van der Waals surface area (Å²) >= 11 is 0. The van der Waals surface area contributed by atoms with E-state index in [9.17, 15) is 0 Å². The summed E-state index contributed by atoms with van der Waals surface area (Å²) in [4.78, 5) is 8.56. The molecule has 2 heterocycles. The fourth-order valence-corrected chi connectivity index (χ4v) is 1.93. The van der Waals surface area contributed by atoms with Gasteiger partial charge in [0.15, 0.2) is 5.82 Å². The summed E-state index contributed by atoms with van der Waals surface area (Å²) in [5.74, 6) is 0.903. The number of hydrogen-bond donors (Lipinski definition) is 0. The molecular weight excluding hydrogens is 200 g/mol. The van der Waals surface area contributed by atoms with E-state index in [-0.39, 0.29) is 0 Å². The summed E-state index contributed by atoms with van der Waals surface area (Å²) in [6.07, 6.45) is 2.51. The fourth-order valence-electron chi connectivity index (χ4n) is 1.93. The number of nitrogens with zero attached hydrogens (tertiary/aromatic N) is 4. The Balaban J connectivity index is 2.64. The van der Waals surface area contributed by atoms with Gasteiger partial charge in [-0.3, -0.25) is 0 Å². The van der Waals surface area contributed by atoms with Gasteiger partial charge in [-0.15, -0.1) is 0 Å². The standard InChI is InChI=1S/C12H16N4/c1-5-11-10(4)13-7-14-12(11)16-9(3)6-8(2)15-16/h6-7H,5H2,1-4H3. The van der Waals surface area contributed by atoms with E-state index >= 15 is 0 Å². The first-order valence-electron chi connectivity index (χ1n) is 5.47. The van der Waals surface area contributed by atoms with Crippen LogP contribution in [0.15, 0.2) is 12.4 Å². The smallest absolute Gasteiger partial charge is 0.160 e. The first-order valence-corrected chi connectivity index (χ1v) is 5.47. The Morgan fingerprint density at radius 1 is 1.19 bits per heavy atom. The molecule has 2 rings (SSSR count). The second kappa shape index (κ2) is 4.04. The normalized spacial score (nSPS) is 10.8. The van der Waals surface area contributed by atoms with Crippen molar-refractivity contribution in [2.45, 2.75) is 34.1 Å². The summed E-state index contributed by atoms with van der Waals surface area (Å²) in [5, 5.41) is 4.46. The zero-order valence-electron chi connectivity index (χ0n) is 10.2. The maximum Gasteiger partial charge on any atom is 0.160 e. The molecule has 0 spiro atoms. The van der Waals surface area contributed by atoms with Crippen molar-refractivity contribution >= 4 is 0 Å². The Morgan fingerprint density at radius 3 is 2.50 bits per heavy atom. The summed E-state index contributed by atoms with van der Waals surface area (Å²) in [6, 6.07) is 2.05. The molecule has 16 heavy (non-hydrogen) atoms. The molecule has 0 atom stereocenters. The van der Waals surface area contributed by atoms with Gasteiger partial charge >= 0.3 is 0 Å². The van der Waals surface area contributed by atoms with Crippen LogP contribution in [0.5, 0.6) is 0 Å². The average molecular weight is 216 g/mol. The van der Waals surface area contributed by atoms with E-state index in [4.69, 9.17) is 0 Å². The van der Waals surface area contributed by atoms with E-state index in [1.54, 1.807) is 6.33 Å². The van der Waals surface area contributed by atoms with Crippen molar-refractivity contribution in [3.63, 3.8) is 0 Å². The largest absolute Gasteiger partial charge is 0.241 e. The lowest BCUT2D eigenvalue weighted by Gasteiger charge is -2.09. The Bertz CT molecular complexity index is 514. The molecule has 4 nitrogen and oxygen atoms in total. The van der Waals surface area contributed by atoms with Crippen LogP contribution in [0, 0.1) is 20.8 Å². The first-order chi connectivity index (χ1) is 7.63. The van der Waals surface area contributed by atoms with E-state index in [2.05, 4.69) is 28.1 Å². The predicted molar refractivity (Wildman–Crippen MR) is 62.7 cm³/mol. The second-order valence-electron chi connectivity index (χ2n) is 3.95. The number of hydrogen-bond acceptors (Lipinski definition) is 3. The molecule has 0 saturated carbocycles. The maximum absolute atomic E-state index is 4.46. The van der Waals surface area contributed by atoms with Gasteiger partial charge in [0.25, 0.3) is 0 Å². The van der Waals surface area contributed by atoms with Crippen LogP contribution in [0.1, 0.15) is 29.6 Å². The van der Waals surface area contributed by atoms with Crippen molar-refractivity contribution in [3.05, 3.63) is 35.0 Å². The SMILES string of the molecule is CCc1c(C)ncnc1-n1nc(C)cc1C. The molecule has 84 valence electrons. The van der Waals surface area contributed by atoms with Gasteiger partial charge in [0.1, 0.15) is 6.33 Å². The lowest BCUT2D eigenvalue weighted by atomic mass is 10.2. The van der Waals surface area contributed by atoms with Crippen LogP contribution in [0.3, 0.4) is 0 Å². The molecule has 0 aliphatic carbocycles. The monoisotopic (exact) mass is 216 g/mol. The van der Waals surface area contributed by atoms with Gasteiger partial charge in [0.05, 0.1) is 5.69 Å². The molecule has 2 aromatic heterocycles. The van der Waals surface area contributed by atoms with E-state index in [0.29, 0.717) is 0 Å². The minimum absolute atomic E-state index is 0.903. The van der Waals surface area contributed by atoms with Gasteiger partial charge in [0.2, 0.25) is 0 Å². The van der Waals surface area contributed by atoms with Crippen LogP contribution in [-0.2, 0) is 6.42 Å². The lowest BCUT2D eigenvalue weighted by Crippen LogP contribution is -2.08. The second-order valence-corrected chi connectivity index (χ2v) is 3.95. The molecule has 0 aromatic carbocycles. The highest BCUT2D eigenvalue weighted by atomic mass is 15.3. The Kier molecular flexibility index (Phi) is 2.73. The molecule has 0 radical (unpaired) electrons. The Hall–Kier alpha value is -1.71. The third-order valence-electron chi connectivity index (χ3n) is 2.70. The number of aromatic nitrogens is 4. The van der Waals surface area contributed by atoms with E-state index in [1.807, 2.05) is 25.5 Å². The van der Waals surface area contributed by atoms with Crippen LogP contribution in [0.25, 0.3) is 5.82 Å². The molecule has 4 heteroatoms. The zero-order valence-corrected chi connectivity index (χ0v) is 10.2. The van der Waals surface area contributed by atoms with Gasteiger partial charge in [-0.1, -0.05) is 6.92 Å². The van der Waals surface area contributed by atoms with Gasteiger partial charge in [-0.05, 0) is 33.3 Å². The zero-order chi connectivity index (χ0) is 11.7. The van der Waals surface area contributed by atoms with E-state index in [0.717, 1.165) is 34.9 Å². The molecule has 0 fully saturated rings. The van der Waals surface area contributed by atoms with Crippen molar-refractivity contribution in [2.24, 2.45) is 0 Å². The first kappa shape index (κ1) is 10.8. The van der Waals surface area contributed by atoms with Gasteiger partial charge in [0, 0.05) is 17.0 Å². The highest BCUT2D eigenvalue weighted by Gasteiger charge is 2.11.